The molecule has 0 heterocycles. The van der Waals surface area contributed by atoms with Crippen LogP contribution in [0.1, 0.15) is 38.7 Å². The Bertz CT molecular complexity index is 421. The minimum absolute atomic E-state index is 0.199. The Morgan fingerprint density at radius 1 is 1.33 bits per heavy atom. The number of rotatable bonds is 4. The van der Waals surface area contributed by atoms with Gasteiger partial charge in [-0.25, -0.2) is 0 Å². The van der Waals surface area contributed by atoms with Crippen molar-refractivity contribution in [1.29, 1.82) is 0 Å². The molecule has 0 bridgehead atoms. The molecule has 1 fully saturated rings. The van der Waals surface area contributed by atoms with Crippen LogP contribution in [0.4, 0.5) is 0 Å². The van der Waals surface area contributed by atoms with Crippen LogP contribution in [0.5, 0.6) is 0 Å². The number of amides is 1. The van der Waals surface area contributed by atoms with Gasteiger partial charge in [-0.1, -0.05) is 48.3 Å². The maximum absolute atomic E-state index is 12.4. The maximum Gasteiger partial charge on any atom is 0.230 e. The molecule has 0 unspecified atom stereocenters. The zero-order valence-electron chi connectivity index (χ0n) is 11.0. The summed E-state index contributed by atoms with van der Waals surface area (Å²) < 4.78 is 1.06. The quantitative estimate of drug-likeness (QED) is 0.904. The van der Waals surface area contributed by atoms with Gasteiger partial charge in [-0.05, 0) is 36.5 Å². The molecule has 1 aliphatic rings. The molecule has 0 radical (unpaired) electrons. The van der Waals surface area contributed by atoms with E-state index in [4.69, 9.17) is 0 Å². The van der Waals surface area contributed by atoms with Crippen molar-refractivity contribution >= 4 is 21.8 Å². The van der Waals surface area contributed by atoms with Gasteiger partial charge >= 0.3 is 0 Å². The monoisotopic (exact) mass is 309 g/mol. The van der Waals surface area contributed by atoms with Gasteiger partial charge in [-0.15, -0.1) is 0 Å². The second-order valence-corrected chi connectivity index (χ2v) is 6.46. The van der Waals surface area contributed by atoms with Crippen molar-refractivity contribution in [3.05, 3.63) is 34.3 Å². The fourth-order valence-electron chi connectivity index (χ4n) is 2.41. The first-order valence-electron chi connectivity index (χ1n) is 6.59. The summed E-state index contributed by atoms with van der Waals surface area (Å²) in [6.07, 6.45) is 3.09. The van der Waals surface area contributed by atoms with E-state index in [1.807, 2.05) is 12.1 Å². The summed E-state index contributed by atoms with van der Waals surface area (Å²) in [5, 5.41) is 3.09. The maximum atomic E-state index is 12.4. The molecule has 1 amide bonds. The Hall–Kier alpha value is -0.830. The van der Waals surface area contributed by atoms with Crippen molar-refractivity contribution in [2.45, 2.75) is 38.5 Å². The molecular weight excluding hydrogens is 290 g/mol. The number of halogens is 1. The van der Waals surface area contributed by atoms with Crippen LogP contribution in [0.3, 0.4) is 0 Å². The van der Waals surface area contributed by atoms with Crippen molar-refractivity contribution in [2.75, 3.05) is 6.54 Å². The molecule has 0 atom stereocenters. The van der Waals surface area contributed by atoms with Gasteiger partial charge in [-0.3, -0.25) is 4.79 Å². The lowest BCUT2D eigenvalue weighted by molar-refractivity contribution is -0.130. The Kier molecular flexibility index (Phi) is 4.10. The lowest BCUT2D eigenvalue weighted by atomic mass is 9.64. The van der Waals surface area contributed by atoms with Gasteiger partial charge in [0.25, 0.3) is 0 Å². The predicted molar refractivity (Wildman–Crippen MR) is 77.5 cm³/mol. The van der Waals surface area contributed by atoms with E-state index in [9.17, 15) is 4.79 Å². The number of carbonyl (C=O) groups excluding carboxylic acids is 1. The Morgan fingerprint density at radius 2 is 1.94 bits per heavy atom. The molecule has 0 spiro atoms. The number of benzene rings is 1. The van der Waals surface area contributed by atoms with Gasteiger partial charge in [-0.2, -0.15) is 0 Å². The first-order valence-corrected chi connectivity index (χ1v) is 7.38. The minimum Gasteiger partial charge on any atom is -0.355 e. The van der Waals surface area contributed by atoms with Gasteiger partial charge in [0.1, 0.15) is 0 Å². The highest BCUT2D eigenvalue weighted by atomic mass is 79.9. The molecule has 0 saturated heterocycles. The van der Waals surface area contributed by atoms with Gasteiger partial charge < -0.3 is 5.32 Å². The third-order valence-corrected chi connectivity index (χ3v) is 4.24. The fraction of sp³-hybridized carbons (Fsp3) is 0.533. The smallest absolute Gasteiger partial charge is 0.230 e. The SMILES string of the molecule is CC(C)CNC(=O)C1(c2ccc(Br)cc2)CCC1. The number of nitrogens with one attached hydrogen (secondary N) is 1. The largest absolute Gasteiger partial charge is 0.355 e. The molecule has 1 saturated carbocycles. The summed E-state index contributed by atoms with van der Waals surface area (Å²) in [6.45, 7) is 5.00. The molecule has 1 N–H and O–H groups in total. The predicted octanol–water partition coefficient (Wildman–Crippen LogP) is 3.64. The van der Waals surface area contributed by atoms with Gasteiger partial charge in [0, 0.05) is 11.0 Å². The molecule has 2 nitrogen and oxygen atoms in total. The molecule has 2 rings (SSSR count). The van der Waals surface area contributed by atoms with E-state index in [1.54, 1.807) is 0 Å². The second kappa shape index (κ2) is 5.43. The number of hydrogen-bond donors (Lipinski definition) is 1. The molecule has 1 aromatic carbocycles. The molecule has 3 heteroatoms. The second-order valence-electron chi connectivity index (χ2n) is 5.55. The highest BCUT2D eigenvalue weighted by Crippen LogP contribution is 2.44. The number of hydrogen-bond acceptors (Lipinski definition) is 1. The molecule has 0 aliphatic heterocycles. The van der Waals surface area contributed by atoms with Crippen molar-refractivity contribution in [3.8, 4) is 0 Å². The summed E-state index contributed by atoms with van der Waals surface area (Å²) >= 11 is 3.44. The van der Waals surface area contributed by atoms with E-state index in [1.165, 1.54) is 0 Å². The molecular formula is C15H20BrNO. The molecule has 0 aromatic heterocycles. The van der Waals surface area contributed by atoms with Crippen LogP contribution in [0, 0.1) is 5.92 Å². The highest BCUT2D eigenvalue weighted by molar-refractivity contribution is 9.10. The fourth-order valence-corrected chi connectivity index (χ4v) is 2.68. The molecule has 98 valence electrons. The van der Waals surface area contributed by atoms with Crippen LogP contribution < -0.4 is 5.32 Å². The third kappa shape index (κ3) is 2.61. The van der Waals surface area contributed by atoms with Crippen molar-refractivity contribution in [2.24, 2.45) is 5.92 Å². The van der Waals surface area contributed by atoms with Crippen molar-refractivity contribution in [3.63, 3.8) is 0 Å². The van der Waals surface area contributed by atoms with Crippen LogP contribution in [0.2, 0.25) is 0 Å². The first-order chi connectivity index (χ1) is 8.54. The standard InChI is InChI=1S/C15H20BrNO/c1-11(2)10-17-14(18)15(8-3-9-15)12-4-6-13(16)7-5-12/h4-7,11H,3,8-10H2,1-2H3,(H,17,18). The van der Waals surface area contributed by atoms with Gasteiger partial charge in [0.15, 0.2) is 0 Å². The third-order valence-electron chi connectivity index (χ3n) is 3.71. The zero-order valence-corrected chi connectivity index (χ0v) is 12.6. The Balaban J connectivity index is 2.15. The van der Waals surface area contributed by atoms with E-state index in [2.05, 4.69) is 47.2 Å². The molecule has 18 heavy (non-hydrogen) atoms. The van der Waals surface area contributed by atoms with Gasteiger partial charge in [0.2, 0.25) is 5.91 Å². The average Bonchev–Trinajstić information content (AvgIpc) is 2.27. The Labute approximate surface area is 117 Å². The molecule has 1 aromatic rings. The van der Waals surface area contributed by atoms with Crippen LogP contribution in [-0.2, 0) is 10.2 Å². The average molecular weight is 310 g/mol. The minimum atomic E-state index is -0.268. The van der Waals surface area contributed by atoms with E-state index in [-0.39, 0.29) is 11.3 Å². The highest BCUT2D eigenvalue weighted by Gasteiger charge is 2.45. The zero-order chi connectivity index (χ0) is 13.2. The first kappa shape index (κ1) is 13.6. The van der Waals surface area contributed by atoms with E-state index >= 15 is 0 Å². The van der Waals surface area contributed by atoms with Crippen LogP contribution >= 0.6 is 15.9 Å². The normalized spacial score (nSPS) is 17.3. The summed E-state index contributed by atoms with van der Waals surface area (Å²) in [7, 11) is 0. The van der Waals surface area contributed by atoms with Crippen molar-refractivity contribution < 1.29 is 4.79 Å². The summed E-state index contributed by atoms with van der Waals surface area (Å²) in [6, 6.07) is 8.17. The van der Waals surface area contributed by atoms with Crippen LogP contribution in [0.25, 0.3) is 0 Å². The lowest BCUT2D eigenvalue weighted by Crippen LogP contribution is -2.49. The van der Waals surface area contributed by atoms with Crippen molar-refractivity contribution in [1.82, 2.24) is 5.32 Å². The van der Waals surface area contributed by atoms with Gasteiger partial charge in [0.05, 0.1) is 5.41 Å². The van der Waals surface area contributed by atoms with Crippen LogP contribution in [-0.4, -0.2) is 12.5 Å². The van der Waals surface area contributed by atoms with Crippen LogP contribution in [0.15, 0.2) is 28.7 Å². The Morgan fingerprint density at radius 3 is 2.39 bits per heavy atom. The van der Waals surface area contributed by atoms with E-state index in [0.717, 1.165) is 35.8 Å². The van der Waals surface area contributed by atoms with E-state index < -0.39 is 0 Å². The van der Waals surface area contributed by atoms with E-state index in [0.29, 0.717) is 5.92 Å². The summed E-state index contributed by atoms with van der Waals surface area (Å²) in [5.74, 6) is 0.695. The molecule has 1 aliphatic carbocycles. The topological polar surface area (TPSA) is 29.1 Å². The lowest BCUT2D eigenvalue weighted by Gasteiger charge is -2.41. The summed E-state index contributed by atoms with van der Waals surface area (Å²) in [5.41, 5.74) is 0.883. The number of carbonyl (C=O) groups is 1. The summed E-state index contributed by atoms with van der Waals surface area (Å²) in [4.78, 5) is 12.4.